The molecule has 1 atom stereocenters. The molecule has 0 aromatic carbocycles. The predicted molar refractivity (Wildman–Crippen MR) is 86.3 cm³/mol. The minimum absolute atomic E-state index is 0.330. The molecule has 1 N–H and O–H groups in total. The lowest BCUT2D eigenvalue weighted by Crippen LogP contribution is -2.60. The van der Waals surface area contributed by atoms with Crippen molar-refractivity contribution in [2.24, 2.45) is 5.92 Å². The molecule has 2 fully saturated rings. The molecule has 1 aliphatic carbocycles. The molecular formula is C17H30N4. The summed E-state index contributed by atoms with van der Waals surface area (Å²) in [6.07, 6.45) is 7.29. The Hall–Kier alpha value is -0.870. The van der Waals surface area contributed by atoms with Gasteiger partial charge in [0, 0.05) is 37.9 Å². The van der Waals surface area contributed by atoms with Crippen molar-refractivity contribution in [2.45, 2.75) is 64.6 Å². The average Bonchev–Trinajstić information content (AvgIpc) is 3.25. The van der Waals surface area contributed by atoms with Gasteiger partial charge in [0.1, 0.15) is 0 Å². The minimum Gasteiger partial charge on any atom is -0.314 e. The summed E-state index contributed by atoms with van der Waals surface area (Å²) in [4.78, 5) is 2.67. The van der Waals surface area contributed by atoms with Crippen molar-refractivity contribution in [2.75, 3.05) is 19.6 Å². The van der Waals surface area contributed by atoms with Crippen LogP contribution in [0.4, 0.5) is 0 Å². The van der Waals surface area contributed by atoms with Crippen LogP contribution >= 0.6 is 0 Å². The highest BCUT2D eigenvalue weighted by molar-refractivity contribution is 5.07. The Morgan fingerprint density at radius 1 is 1.38 bits per heavy atom. The monoisotopic (exact) mass is 290 g/mol. The number of hydrogen-bond donors (Lipinski definition) is 1. The fourth-order valence-electron chi connectivity index (χ4n) is 3.81. The summed E-state index contributed by atoms with van der Waals surface area (Å²) in [5.41, 5.74) is 1.56. The first kappa shape index (κ1) is 15.0. The molecular weight excluding hydrogens is 260 g/mol. The highest BCUT2D eigenvalue weighted by Crippen LogP contribution is 2.43. The van der Waals surface area contributed by atoms with Gasteiger partial charge in [0.25, 0.3) is 0 Å². The first-order chi connectivity index (χ1) is 10.2. The Labute approximate surface area is 128 Å². The van der Waals surface area contributed by atoms with E-state index in [0.29, 0.717) is 11.6 Å². The zero-order valence-corrected chi connectivity index (χ0v) is 13.8. The van der Waals surface area contributed by atoms with Crippen molar-refractivity contribution in [1.82, 2.24) is 20.0 Å². The number of aromatic nitrogens is 2. The number of piperazine rings is 1. The third-order valence-electron chi connectivity index (χ3n) is 5.55. The number of rotatable bonds is 6. The third kappa shape index (κ3) is 3.02. The van der Waals surface area contributed by atoms with Gasteiger partial charge in [-0.15, -0.1) is 0 Å². The van der Waals surface area contributed by atoms with Crippen LogP contribution in [-0.4, -0.2) is 39.9 Å². The van der Waals surface area contributed by atoms with Crippen LogP contribution in [0.5, 0.6) is 0 Å². The van der Waals surface area contributed by atoms with Crippen LogP contribution in [-0.2, 0) is 6.54 Å². The van der Waals surface area contributed by atoms with E-state index in [0.717, 1.165) is 44.9 Å². The Morgan fingerprint density at radius 3 is 2.81 bits per heavy atom. The third-order valence-corrected chi connectivity index (χ3v) is 5.55. The fraction of sp³-hybridized carbons (Fsp3) is 0.824. The van der Waals surface area contributed by atoms with Gasteiger partial charge in [-0.3, -0.25) is 9.58 Å². The largest absolute Gasteiger partial charge is 0.314 e. The maximum absolute atomic E-state index is 4.85. The fourth-order valence-corrected chi connectivity index (χ4v) is 3.81. The second-order valence-electron chi connectivity index (χ2n) is 6.99. The Morgan fingerprint density at radius 2 is 2.14 bits per heavy atom. The molecule has 1 aliphatic heterocycles. The molecule has 0 bridgehead atoms. The van der Waals surface area contributed by atoms with E-state index in [4.69, 9.17) is 5.10 Å². The van der Waals surface area contributed by atoms with Gasteiger partial charge in [0.15, 0.2) is 0 Å². The van der Waals surface area contributed by atoms with Gasteiger partial charge in [-0.05, 0) is 44.6 Å². The number of nitrogens with one attached hydrogen (secondary N) is 1. The van der Waals surface area contributed by atoms with Crippen LogP contribution < -0.4 is 5.32 Å². The van der Waals surface area contributed by atoms with Crippen LogP contribution in [0.1, 0.15) is 58.2 Å². The molecule has 0 radical (unpaired) electrons. The second-order valence-corrected chi connectivity index (χ2v) is 6.99. The summed E-state index contributed by atoms with van der Waals surface area (Å²) in [5.74, 6) is 0.881. The van der Waals surface area contributed by atoms with E-state index in [1.54, 1.807) is 0 Å². The molecule has 1 saturated carbocycles. The Kier molecular flexibility index (Phi) is 4.36. The normalized spacial score (nSPS) is 27.4. The van der Waals surface area contributed by atoms with E-state index < -0.39 is 0 Å². The van der Waals surface area contributed by atoms with Gasteiger partial charge in [0.05, 0.1) is 11.7 Å². The van der Waals surface area contributed by atoms with Crippen LogP contribution in [0.3, 0.4) is 0 Å². The minimum atomic E-state index is 0.330. The SMILES string of the molecule is CCC(CC)n1ccc(CN2CCNCC2(C)C2CC2)n1. The maximum atomic E-state index is 4.85. The highest BCUT2D eigenvalue weighted by Gasteiger charge is 2.46. The van der Waals surface area contributed by atoms with E-state index in [2.05, 4.69) is 47.9 Å². The summed E-state index contributed by atoms with van der Waals surface area (Å²) >= 11 is 0. The Balaban J connectivity index is 1.70. The quantitative estimate of drug-likeness (QED) is 0.874. The van der Waals surface area contributed by atoms with Crippen molar-refractivity contribution in [3.05, 3.63) is 18.0 Å². The van der Waals surface area contributed by atoms with Crippen molar-refractivity contribution in [1.29, 1.82) is 0 Å². The molecule has 21 heavy (non-hydrogen) atoms. The first-order valence-electron chi connectivity index (χ1n) is 8.67. The van der Waals surface area contributed by atoms with E-state index in [1.165, 1.54) is 18.5 Å². The number of hydrogen-bond acceptors (Lipinski definition) is 3. The molecule has 1 aromatic rings. The number of nitrogens with zero attached hydrogens (tertiary/aromatic N) is 3. The van der Waals surface area contributed by atoms with Gasteiger partial charge in [-0.2, -0.15) is 5.10 Å². The van der Waals surface area contributed by atoms with Gasteiger partial charge in [-0.1, -0.05) is 13.8 Å². The first-order valence-corrected chi connectivity index (χ1v) is 8.67. The van der Waals surface area contributed by atoms with E-state index in [-0.39, 0.29) is 0 Å². The predicted octanol–water partition coefficient (Wildman–Crippen LogP) is 2.82. The van der Waals surface area contributed by atoms with Gasteiger partial charge in [0.2, 0.25) is 0 Å². The summed E-state index contributed by atoms with van der Waals surface area (Å²) < 4.78 is 2.17. The summed E-state index contributed by atoms with van der Waals surface area (Å²) in [6.45, 7) is 11.3. The lowest BCUT2D eigenvalue weighted by atomic mass is 9.91. The topological polar surface area (TPSA) is 33.1 Å². The zero-order valence-electron chi connectivity index (χ0n) is 13.8. The molecule has 1 aromatic heterocycles. The molecule has 2 heterocycles. The van der Waals surface area contributed by atoms with Crippen molar-refractivity contribution < 1.29 is 0 Å². The molecule has 4 nitrogen and oxygen atoms in total. The van der Waals surface area contributed by atoms with Crippen LogP contribution in [0.15, 0.2) is 12.3 Å². The van der Waals surface area contributed by atoms with Gasteiger partial charge < -0.3 is 5.32 Å². The highest BCUT2D eigenvalue weighted by atomic mass is 15.3. The molecule has 1 saturated heterocycles. The second kappa shape index (κ2) is 6.09. The van der Waals surface area contributed by atoms with Crippen molar-refractivity contribution in [3.8, 4) is 0 Å². The lowest BCUT2D eigenvalue weighted by Gasteiger charge is -2.45. The summed E-state index contributed by atoms with van der Waals surface area (Å²) in [7, 11) is 0. The van der Waals surface area contributed by atoms with Crippen LogP contribution in [0.2, 0.25) is 0 Å². The van der Waals surface area contributed by atoms with Gasteiger partial charge >= 0.3 is 0 Å². The van der Waals surface area contributed by atoms with Crippen molar-refractivity contribution >= 4 is 0 Å². The smallest absolute Gasteiger partial charge is 0.0765 e. The van der Waals surface area contributed by atoms with E-state index in [1.807, 2.05) is 0 Å². The summed E-state index contributed by atoms with van der Waals surface area (Å²) in [6, 6.07) is 2.77. The lowest BCUT2D eigenvalue weighted by molar-refractivity contribution is 0.0471. The van der Waals surface area contributed by atoms with Crippen LogP contribution in [0, 0.1) is 5.92 Å². The maximum Gasteiger partial charge on any atom is 0.0765 e. The van der Waals surface area contributed by atoms with Gasteiger partial charge in [-0.25, -0.2) is 0 Å². The summed E-state index contributed by atoms with van der Waals surface area (Å²) in [5, 5.41) is 8.43. The average molecular weight is 290 g/mol. The zero-order chi connectivity index (χ0) is 14.9. The molecule has 3 rings (SSSR count). The molecule has 2 aliphatic rings. The molecule has 118 valence electrons. The van der Waals surface area contributed by atoms with E-state index in [9.17, 15) is 0 Å². The standard InChI is InChI=1S/C17H30N4/c1-4-16(5-2)21-10-8-15(19-21)12-20-11-9-18-13-17(20,3)14-6-7-14/h8,10,14,16,18H,4-7,9,11-13H2,1-3H3. The van der Waals surface area contributed by atoms with E-state index >= 15 is 0 Å². The molecule has 4 heteroatoms. The molecule has 0 spiro atoms. The molecule has 1 unspecified atom stereocenters. The molecule has 0 amide bonds. The van der Waals surface area contributed by atoms with Crippen LogP contribution in [0.25, 0.3) is 0 Å². The Bertz CT molecular complexity index is 461. The van der Waals surface area contributed by atoms with Crippen molar-refractivity contribution in [3.63, 3.8) is 0 Å².